The van der Waals surface area contributed by atoms with Gasteiger partial charge in [0.2, 0.25) is 0 Å². The molecule has 0 unspecified atom stereocenters. The number of rotatable bonds is 12. The highest BCUT2D eigenvalue weighted by molar-refractivity contribution is 5.91. The first-order chi connectivity index (χ1) is 19.9. The van der Waals surface area contributed by atoms with Crippen LogP contribution in [0.4, 0.5) is 0 Å². The van der Waals surface area contributed by atoms with Crippen LogP contribution in [-0.2, 0) is 23.4 Å². The first kappa shape index (κ1) is 28.8. The van der Waals surface area contributed by atoms with Crippen LogP contribution in [0.3, 0.4) is 0 Å². The number of hydrogen-bond acceptors (Lipinski definition) is 6. The van der Waals surface area contributed by atoms with Crippen molar-refractivity contribution in [2.45, 2.75) is 18.6 Å². The number of methoxy groups -OCH3 is 1. The molecule has 4 rings (SSSR count). The Kier molecular flexibility index (Phi) is 9.29. The van der Waals surface area contributed by atoms with E-state index in [1.807, 2.05) is 18.2 Å². The summed E-state index contributed by atoms with van der Waals surface area (Å²) in [5.74, 6) is -0.744. The third-order valence-corrected chi connectivity index (χ3v) is 6.41. The fourth-order valence-corrected chi connectivity index (χ4v) is 4.31. The zero-order chi connectivity index (χ0) is 29.2. The normalized spacial score (nSPS) is 11.2. The highest BCUT2D eigenvalue weighted by atomic mass is 16.5. The van der Waals surface area contributed by atoms with Gasteiger partial charge in [0, 0.05) is 5.56 Å². The molecule has 1 amide bonds. The van der Waals surface area contributed by atoms with Crippen LogP contribution in [0.2, 0.25) is 0 Å². The van der Waals surface area contributed by atoms with E-state index in [4.69, 9.17) is 14.6 Å². The minimum absolute atomic E-state index is 0.195. The Morgan fingerprint density at radius 2 is 1.56 bits per heavy atom. The number of nitrogens with one attached hydrogen (secondary N) is 1. The lowest BCUT2D eigenvalue weighted by molar-refractivity contribution is -0.136. The highest BCUT2D eigenvalue weighted by Crippen LogP contribution is 2.34. The van der Waals surface area contributed by atoms with Gasteiger partial charge in [-0.1, -0.05) is 78.9 Å². The fourth-order valence-electron chi connectivity index (χ4n) is 4.31. The van der Waals surface area contributed by atoms with Gasteiger partial charge in [0.05, 0.1) is 18.9 Å². The van der Waals surface area contributed by atoms with Crippen molar-refractivity contribution in [1.82, 2.24) is 5.43 Å². The maximum atomic E-state index is 13.3. The number of hydrogen-bond donors (Lipinski definition) is 3. The predicted molar refractivity (Wildman–Crippen MR) is 156 cm³/mol. The topological polar surface area (TPSA) is 117 Å². The number of hydrazone groups is 1. The molecule has 0 aliphatic heterocycles. The van der Waals surface area contributed by atoms with Crippen molar-refractivity contribution < 1.29 is 29.3 Å². The van der Waals surface area contributed by atoms with Crippen molar-refractivity contribution in [3.8, 4) is 11.5 Å². The number of amides is 1. The van der Waals surface area contributed by atoms with Gasteiger partial charge in [-0.15, -0.1) is 6.58 Å². The molecular formula is C33H30N2O6. The van der Waals surface area contributed by atoms with Crippen LogP contribution in [0.25, 0.3) is 0 Å². The first-order valence-corrected chi connectivity index (χ1v) is 12.8. The number of benzene rings is 4. The van der Waals surface area contributed by atoms with Gasteiger partial charge in [-0.2, -0.15) is 5.10 Å². The van der Waals surface area contributed by atoms with Gasteiger partial charge in [0.1, 0.15) is 6.61 Å². The summed E-state index contributed by atoms with van der Waals surface area (Å²) < 4.78 is 11.7. The second-order valence-corrected chi connectivity index (χ2v) is 9.14. The summed E-state index contributed by atoms with van der Waals surface area (Å²) >= 11 is 0. The molecule has 3 N–H and O–H groups in total. The van der Waals surface area contributed by atoms with Crippen molar-refractivity contribution in [3.63, 3.8) is 0 Å². The molecule has 8 heteroatoms. The lowest BCUT2D eigenvalue weighted by Crippen LogP contribution is -2.43. The minimum atomic E-state index is -1.95. The summed E-state index contributed by atoms with van der Waals surface area (Å²) in [7, 11) is 1.52. The molecule has 0 saturated carbocycles. The fraction of sp³-hybridized carbons (Fsp3) is 0.121. The number of aromatic carboxylic acids is 1. The van der Waals surface area contributed by atoms with Crippen LogP contribution in [0.5, 0.6) is 11.5 Å². The van der Waals surface area contributed by atoms with E-state index in [9.17, 15) is 14.7 Å². The average Bonchev–Trinajstić information content (AvgIpc) is 3.01. The molecule has 0 atom stereocenters. The third-order valence-electron chi connectivity index (χ3n) is 6.41. The molecule has 0 bridgehead atoms. The SMILES string of the molecule is C=CCc1cc(/C=N\NC(=O)C(O)(c2ccccc2)c2ccccc2)cc(OC)c1OCc1ccc(C(=O)O)cc1. The molecule has 0 heterocycles. The largest absolute Gasteiger partial charge is 0.493 e. The minimum Gasteiger partial charge on any atom is -0.493 e. The lowest BCUT2D eigenvalue weighted by Gasteiger charge is -2.27. The summed E-state index contributed by atoms with van der Waals surface area (Å²) in [6.07, 6.45) is 3.66. The second kappa shape index (κ2) is 13.2. The van der Waals surface area contributed by atoms with Crippen LogP contribution < -0.4 is 14.9 Å². The van der Waals surface area contributed by atoms with Crippen LogP contribution in [0, 0.1) is 0 Å². The van der Waals surface area contributed by atoms with Crippen LogP contribution in [0.15, 0.2) is 115 Å². The standard InChI is InChI=1S/C33H30N2O6/c1-3-10-26-19-24(20-29(40-2)30(26)41-22-23-15-17-25(18-16-23)31(36)37)21-34-35-32(38)33(39,27-11-6-4-7-12-27)28-13-8-5-9-14-28/h3-9,11-21,39H,1,10,22H2,2H3,(H,35,38)(H,36,37)/b34-21-. The van der Waals surface area contributed by atoms with Crippen molar-refractivity contribution in [2.24, 2.45) is 5.10 Å². The van der Waals surface area contributed by atoms with E-state index in [2.05, 4.69) is 17.1 Å². The smallest absolute Gasteiger partial charge is 0.335 e. The zero-order valence-corrected chi connectivity index (χ0v) is 22.5. The summed E-state index contributed by atoms with van der Waals surface area (Å²) in [5, 5.41) is 24.8. The lowest BCUT2D eigenvalue weighted by atomic mass is 9.85. The van der Waals surface area contributed by atoms with E-state index in [0.29, 0.717) is 34.6 Å². The molecule has 4 aromatic rings. The van der Waals surface area contributed by atoms with E-state index >= 15 is 0 Å². The Labute approximate surface area is 238 Å². The Morgan fingerprint density at radius 1 is 0.951 bits per heavy atom. The van der Waals surface area contributed by atoms with Crippen molar-refractivity contribution >= 4 is 18.1 Å². The number of carbonyl (C=O) groups is 2. The number of carboxylic acids is 1. The molecule has 4 aromatic carbocycles. The van der Waals surface area contributed by atoms with Gasteiger partial charge in [0.15, 0.2) is 17.1 Å². The van der Waals surface area contributed by atoms with E-state index < -0.39 is 17.5 Å². The number of aliphatic hydroxyl groups is 1. The average molecular weight is 551 g/mol. The molecule has 8 nitrogen and oxygen atoms in total. The number of allylic oxidation sites excluding steroid dienone is 1. The van der Waals surface area contributed by atoms with Gasteiger partial charge >= 0.3 is 5.97 Å². The van der Waals surface area contributed by atoms with Crippen LogP contribution in [-0.4, -0.2) is 35.4 Å². The molecule has 0 spiro atoms. The summed E-state index contributed by atoms with van der Waals surface area (Å²) in [4.78, 5) is 24.4. The molecule has 0 aromatic heterocycles. The Hall–Kier alpha value is -5.21. The second-order valence-electron chi connectivity index (χ2n) is 9.14. The molecule has 0 saturated heterocycles. The maximum absolute atomic E-state index is 13.3. The molecule has 0 aliphatic carbocycles. The molecule has 0 aliphatic rings. The first-order valence-electron chi connectivity index (χ1n) is 12.8. The molecular weight excluding hydrogens is 520 g/mol. The van der Waals surface area contributed by atoms with Crippen molar-refractivity contribution in [2.75, 3.05) is 7.11 Å². The summed E-state index contributed by atoms with van der Waals surface area (Å²) in [6, 6.07) is 27.3. The van der Waals surface area contributed by atoms with E-state index in [0.717, 1.165) is 11.1 Å². The van der Waals surface area contributed by atoms with Crippen molar-refractivity contribution in [1.29, 1.82) is 0 Å². The highest BCUT2D eigenvalue weighted by Gasteiger charge is 2.39. The van der Waals surface area contributed by atoms with Crippen molar-refractivity contribution in [3.05, 3.63) is 143 Å². The predicted octanol–water partition coefficient (Wildman–Crippen LogP) is 5.09. The van der Waals surface area contributed by atoms with Gasteiger partial charge in [-0.05, 0) is 52.9 Å². The number of carbonyl (C=O) groups excluding carboxylic acids is 1. The molecule has 41 heavy (non-hydrogen) atoms. The number of ether oxygens (including phenoxy) is 2. The third kappa shape index (κ3) is 6.69. The molecule has 0 fully saturated rings. The number of carboxylic acid groups (broad SMARTS) is 1. The monoisotopic (exact) mass is 550 g/mol. The maximum Gasteiger partial charge on any atom is 0.335 e. The number of nitrogens with zero attached hydrogens (tertiary/aromatic N) is 1. The van der Waals surface area contributed by atoms with Gasteiger partial charge in [-0.3, -0.25) is 4.79 Å². The Morgan fingerprint density at radius 3 is 2.10 bits per heavy atom. The van der Waals surface area contributed by atoms with E-state index in [1.165, 1.54) is 25.5 Å². The summed E-state index contributed by atoms with van der Waals surface area (Å²) in [5.41, 5.74) is 3.73. The molecule has 208 valence electrons. The summed E-state index contributed by atoms with van der Waals surface area (Å²) in [6.45, 7) is 4.02. The van der Waals surface area contributed by atoms with Crippen LogP contribution in [0.1, 0.15) is 38.2 Å². The Bertz CT molecular complexity index is 1490. The Balaban J connectivity index is 1.55. The van der Waals surface area contributed by atoms with Gasteiger partial charge in [-0.25, -0.2) is 10.2 Å². The van der Waals surface area contributed by atoms with E-state index in [1.54, 1.807) is 72.8 Å². The van der Waals surface area contributed by atoms with Gasteiger partial charge < -0.3 is 19.7 Å². The van der Waals surface area contributed by atoms with E-state index in [-0.39, 0.29) is 12.2 Å². The van der Waals surface area contributed by atoms with Gasteiger partial charge in [0.25, 0.3) is 5.91 Å². The zero-order valence-electron chi connectivity index (χ0n) is 22.5. The molecule has 0 radical (unpaired) electrons. The quantitative estimate of drug-likeness (QED) is 0.129. The van der Waals surface area contributed by atoms with Crippen LogP contribution >= 0.6 is 0 Å².